The minimum absolute atomic E-state index is 0.114. The van der Waals surface area contributed by atoms with Crippen LogP contribution in [0.2, 0.25) is 0 Å². The van der Waals surface area contributed by atoms with E-state index in [2.05, 4.69) is 28.6 Å². The molecule has 33 heavy (non-hydrogen) atoms. The van der Waals surface area contributed by atoms with Crippen LogP contribution in [0, 0.1) is 0 Å². The van der Waals surface area contributed by atoms with Crippen LogP contribution in [0.1, 0.15) is 38.5 Å². The largest absolute Gasteiger partial charge is 0.481 e. The summed E-state index contributed by atoms with van der Waals surface area (Å²) in [6.45, 7) is 0.329. The van der Waals surface area contributed by atoms with E-state index >= 15 is 0 Å². The molecule has 0 rings (SSSR count). The SMILES string of the molecule is NCCCCC(NC(=O)C(CS)NC(=O)C(N)CC(=O)O)C(=O)NC(CCC(N)=O)C(=O)O. The number of unbranched alkanes of at least 4 members (excludes halogenated alkanes) is 1. The number of nitrogens with two attached hydrogens (primary N) is 3. The van der Waals surface area contributed by atoms with Crippen molar-refractivity contribution >= 4 is 48.2 Å². The van der Waals surface area contributed by atoms with E-state index < -0.39 is 66.2 Å². The number of hydrogen-bond donors (Lipinski definition) is 9. The van der Waals surface area contributed by atoms with Crippen LogP contribution in [-0.4, -0.2) is 82.2 Å². The van der Waals surface area contributed by atoms with E-state index in [1.54, 1.807) is 0 Å². The Labute approximate surface area is 195 Å². The van der Waals surface area contributed by atoms with Crippen molar-refractivity contribution in [3.63, 3.8) is 0 Å². The minimum atomic E-state index is -1.41. The van der Waals surface area contributed by atoms with Gasteiger partial charge in [0.2, 0.25) is 23.6 Å². The van der Waals surface area contributed by atoms with Crippen LogP contribution >= 0.6 is 12.6 Å². The van der Waals surface area contributed by atoms with Crippen molar-refractivity contribution < 1.29 is 39.0 Å². The van der Waals surface area contributed by atoms with Gasteiger partial charge in [-0.3, -0.25) is 24.0 Å². The highest BCUT2D eigenvalue weighted by Crippen LogP contribution is 2.05. The molecular formula is C18H32N6O8S. The fourth-order valence-corrected chi connectivity index (χ4v) is 2.86. The third-order valence-electron chi connectivity index (χ3n) is 4.42. The number of primary amides is 1. The van der Waals surface area contributed by atoms with Gasteiger partial charge in [-0.2, -0.15) is 12.6 Å². The molecule has 0 aromatic carbocycles. The van der Waals surface area contributed by atoms with Crippen LogP contribution in [0.25, 0.3) is 0 Å². The molecular weight excluding hydrogens is 460 g/mol. The molecule has 0 saturated carbocycles. The van der Waals surface area contributed by atoms with Crippen molar-refractivity contribution in [2.75, 3.05) is 12.3 Å². The first-order valence-corrected chi connectivity index (χ1v) is 10.8. The van der Waals surface area contributed by atoms with E-state index in [-0.39, 0.29) is 25.0 Å². The number of thiol groups is 1. The zero-order chi connectivity index (χ0) is 25.6. The fourth-order valence-electron chi connectivity index (χ4n) is 2.60. The molecule has 0 bridgehead atoms. The van der Waals surface area contributed by atoms with Crippen LogP contribution in [-0.2, 0) is 28.8 Å². The van der Waals surface area contributed by atoms with E-state index in [1.165, 1.54) is 0 Å². The summed E-state index contributed by atoms with van der Waals surface area (Å²) in [5.41, 5.74) is 15.9. The molecule has 0 spiro atoms. The minimum Gasteiger partial charge on any atom is -0.481 e. The van der Waals surface area contributed by atoms with Crippen LogP contribution < -0.4 is 33.2 Å². The summed E-state index contributed by atoms with van der Waals surface area (Å²) < 4.78 is 0. The molecule has 15 heteroatoms. The Morgan fingerprint density at radius 2 is 1.36 bits per heavy atom. The Kier molecular flexibility index (Phi) is 14.4. The summed E-state index contributed by atoms with van der Waals surface area (Å²) >= 11 is 3.99. The maximum atomic E-state index is 12.7. The third kappa shape index (κ3) is 12.6. The maximum Gasteiger partial charge on any atom is 0.326 e. The second kappa shape index (κ2) is 15.8. The van der Waals surface area contributed by atoms with Crippen molar-refractivity contribution in [3.8, 4) is 0 Å². The van der Waals surface area contributed by atoms with Crippen molar-refractivity contribution in [2.45, 2.75) is 62.7 Å². The monoisotopic (exact) mass is 492 g/mol. The molecule has 0 aliphatic carbocycles. The third-order valence-corrected chi connectivity index (χ3v) is 4.79. The molecule has 0 heterocycles. The number of carbonyl (C=O) groups excluding carboxylic acids is 4. The lowest BCUT2D eigenvalue weighted by Gasteiger charge is -2.24. The van der Waals surface area contributed by atoms with E-state index in [0.29, 0.717) is 19.4 Å². The van der Waals surface area contributed by atoms with Gasteiger partial charge in [-0.15, -0.1) is 0 Å². The summed E-state index contributed by atoms with van der Waals surface area (Å²) in [5, 5.41) is 24.9. The lowest BCUT2D eigenvalue weighted by molar-refractivity contribution is -0.142. The maximum absolute atomic E-state index is 12.7. The first-order chi connectivity index (χ1) is 15.4. The zero-order valence-corrected chi connectivity index (χ0v) is 18.9. The van der Waals surface area contributed by atoms with Gasteiger partial charge in [0.05, 0.1) is 12.5 Å². The average molecular weight is 493 g/mol. The predicted octanol–water partition coefficient (Wildman–Crippen LogP) is -3.35. The van der Waals surface area contributed by atoms with Crippen molar-refractivity contribution in [3.05, 3.63) is 0 Å². The summed E-state index contributed by atoms with van der Waals surface area (Å²) in [6, 6.07) is -5.22. The highest BCUT2D eigenvalue weighted by molar-refractivity contribution is 7.80. The first-order valence-electron chi connectivity index (χ1n) is 10.1. The Morgan fingerprint density at radius 3 is 1.85 bits per heavy atom. The fraction of sp³-hybridized carbons (Fsp3) is 0.667. The standard InChI is InChI=1S/C18H32N6O8S/c19-6-2-1-3-10(16(29)23-11(18(31)32)4-5-13(21)25)22-17(30)12(8-33)24-15(28)9(20)7-14(26)27/h9-12,33H,1-8,19-20H2,(H2,21,25)(H,22,30)(H,23,29)(H,24,28)(H,26,27)(H,31,32). The van der Waals surface area contributed by atoms with E-state index in [1.807, 2.05) is 0 Å². The van der Waals surface area contributed by atoms with Crippen molar-refractivity contribution in [1.29, 1.82) is 0 Å². The molecule has 0 aliphatic heterocycles. The van der Waals surface area contributed by atoms with Gasteiger partial charge in [-0.25, -0.2) is 4.79 Å². The zero-order valence-electron chi connectivity index (χ0n) is 18.0. The van der Waals surface area contributed by atoms with Crippen LogP contribution in [0.15, 0.2) is 0 Å². The van der Waals surface area contributed by atoms with E-state index in [4.69, 9.17) is 22.3 Å². The Balaban J connectivity index is 5.30. The van der Waals surface area contributed by atoms with Gasteiger partial charge < -0.3 is 43.4 Å². The van der Waals surface area contributed by atoms with Gasteiger partial charge in [0, 0.05) is 12.2 Å². The summed E-state index contributed by atoms with van der Waals surface area (Å²) in [4.78, 5) is 70.3. The highest BCUT2D eigenvalue weighted by Gasteiger charge is 2.30. The quantitative estimate of drug-likeness (QED) is 0.0719. The van der Waals surface area contributed by atoms with Gasteiger partial charge in [-0.05, 0) is 32.2 Å². The number of aliphatic carboxylic acids is 2. The Hall–Kier alpha value is -2.91. The number of amides is 4. The van der Waals surface area contributed by atoms with Crippen molar-refractivity contribution in [2.24, 2.45) is 17.2 Å². The molecule has 0 aromatic heterocycles. The van der Waals surface area contributed by atoms with Gasteiger partial charge >= 0.3 is 11.9 Å². The molecule has 0 fully saturated rings. The van der Waals surface area contributed by atoms with E-state index in [0.717, 1.165) is 0 Å². The van der Waals surface area contributed by atoms with Gasteiger partial charge in [-0.1, -0.05) is 0 Å². The topological polar surface area (TPSA) is 257 Å². The van der Waals surface area contributed by atoms with Crippen LogP contribution in [0.5, 0.6) is 0 Å². The number of carboxylic acid groups (broad SMARTS) is 2. The molecule has 0 saturated heterocycles. The molecule has 0 radical (unpaired) electrons. The molecule has 11 N–H and O–H groups in total. The summed E-state index contributed by atoms with van der Waals surface area (Å²) in [6.07, 6.45) is -0.0976. The summed E-state index contributed by atoms with van der Waals surface area (Å²) in [5.74, 6) is -6.13. The molecule has 0 aliphatic rings. The van der Waals surface area contributed by atoms with Gasteiger partial charge in [0.15, 0.2) is 0 Å². The normalized spacial score (nSPS) is 14.3. The number of hydrogen-bond acceptors (Lipinski definition) is 9. The van der Waals surface area contributed by atoms with Crippen molar-refractivity contribution in [1.82, 2.24) is 16.0 Å². The van der Waals surface area contributed by atoms with Crippen LogP contribution in [0.4, 0.5) is 0 Å². The first kappa shape index (κ1) is 30.1. The molecule has 188 valence electrons. The molecule has 4 atom stereocenters. The van der Waals surface area contributed by atoms with Gasteiger partial charge in [0.25, 0.3) is 0 Å². The van der Waals surface area contributed by atoms with E-state index in [9.17, 15) is 33.9 Å². The Morgan fingerprint density at radius 1 is 0.818 bits per heavy atom. The highest BCUT2D eigenvalue weighted by atomic mass is 32.1. The molecule has 0 aromatic rings. The predicted molar refractivity (Wildman–Crippen MR) is 119 cm³/mol. The van der Waals surface area contributed by atoms with Gasteiger partial charge in [0.1, 0.15) is 18.1 Å². The Bertz CT molecular complexity index is 722. The lowest BCUT2D eigenvalue weighted by Crippen LogP contribution is -2.57. The molecule has 14 nitrogen and oxygen atoms in total. The van der Waals surface area contributed by atoms with Crippen LogP contribution in [0.3, 0.4) is 0 Å². The molecule has 4 amide bonds. The number of carboxylic acids is 2. The number of carbonyl (C=O) groups is 6. The second-order valence-corrected chi connectivity index (χ2v) is 7.56. The lowest BCUT2D eigenvalue weighted by atomic mass is 10.1. The summed E-state index contributed by atoms with van der Waals surface area (Å²) in [7, 11) is 0. The second-order valence-electron chi connectivity index (χ2n) is 7.20. The smallest absolute Gasteiger partial charge is 0.326 e. The average Bonchev–Trinajstić information content (AvgIpc) is 2.72. The number of nitrogens with one attached hydrogen (secondary N) is 3. The number of rotatable bonds is 17. The molecule has 4 unspecified atom stereocenters.